The molecule has 0 spiro atoms. The minimum Gasteiger partial charge on any atom is -0.493 e. The molecule has 2 aromatic rings. The number of hydrogen-bond donors (Lipinski definition) is 1. The van der Waals surface area contributed by atoms with Gasteiger partial charge >= 0.3 is 0 Å². The van der Waals surface area contributed by atoms with Crippen LogP contribution in [0.3, 0.4) is 0 Å². The molecule has 4 heteroatoms. The highest BCUT2D eigenvalue weighted by Crippen LogP contribution is 2.33. The maximum atomic E-state index is 5.89. The Morgan fingerprint density at radius 3 is 2.75 bits per heavy atom. The molecular weight excluding hydrogens is 334 g/mol. The van der Waals surface area contributed by atoms with Crippen LogP contribution in [-0.2, 0) is 0 Å². The molecule has 1 N–H and O–H groups in total. The van der Waals surface area contributed by atoms with Crippen molar-refractivity contribution in [3.63, 3.8) is 0 Å². The van der Waals surface area contributed by atoms with Crippen LogP contribution in [0.5, 0.6) is 5.75 Å². The summed E-state index contributed by atoms with van der Waals surface area (Å²) in [4.78, 5) is 0. The summed E-state index contributed by atoms with van der Waals surface area (Å²) in [5, 5.41) is 5.74. The summed E-state index contributed by atoms with van der Waals surface area (Å²) < 4.78 is 7.05. The average molecular weight is 354 g/mol. The lowest BCUT2D eigenvalue weighted by molar-refractivity contribution is 0.312. The van der Waals surface area contributed by atoms with E-state index in [-0.39, 0.29) is 6.04 Å². The average Bonchev–Trinajstić information content (AvgIpc) is 2.89. The Morgan fingerprint density at radius 1 is 1.30 bits per heavy atom. The second kappa shape index (κ2) is 7.81. The van der Waals surface area contributed by atoms with E-state index in [0.717, 1.165) is 29.1 Å². The fourth-order valence-electron chi connectivity index (χ4n) is 2.15. The first-order valence-electron chi connectivity index (χ1n) is 6.95. The van der Waals surface area contributed by atoms with Crippen LogP contribution in [0, 0.1) is 0 Å². The summed E-state index contributed by atoms with van der Waals surface area (Å²) in [5.41, 5.74) is 2.48. The molecule has 20 heavy (non-hydrogen) atoms. The van der Waals surface area contributed by atoms with E-state index in [9.17, 15) is 0 Å². The number of hydrogen-bond acceptors (Lipinski definition) is 3. The van der Waals surface area contributed by atoms with Gasteiger partial charge in [-0.2, -0.15) is 0 Å². The second-order valence-corrected chi connectivity index (χ2v) is 6.85. The zero-order valence-electron chi connectivity index (χ0n) is 11.9. The van der Waals surface area contributed by atoms with Crippen molar-refractivity contribution in [2.75, 3.05) is 13.2 Å². The number of para-hydroxylation sites is 1. The van der Waals surface area contributed by atoms with E-state index in [1.807, 2.05) is 6.07 Å². The third-order valence-electron chi connectivity index (χ3n) is 3.02. The van der Waals surface area contributed by atoms with Crippen molar-refractivity contribution >= 4 is 27.3 Å². The van der Waals surface area contributed by atoms with Crippen LogP contribution < -0.4 is 10.1 Å². The fraction of sp³-hybridized carbons (Fsp3) is 0.375. The van der Waals surface area contributed by atoms with Gasteiger partial charge in [0.25, 0.3) is 0 Å². The number of thiophene rings is 1. The SMILES string of the molecule is CCCOc1ccccc1C(NCC)c1csc(Br)c1. The van der Waals surface area contributed by atoms with Crippen molar-refractivity contribution < 1.29 is 4.74 Å². The first-order valence-corrected chi connectivity index (χ1v) is 8.62. The van der Waals surface area contributed by atoms with Gasteiger partial charge in [-0.3, -0.25) is 0 Å². The predicted octanol–water partition coefficient (Wildman–Crippen LogP) is 5.00. The lowest BCUT2D eigenvalue weighted by Crippen LogP contribution is -2.22. The molecule has 0 amide bonds. The molecule has 0 bridgehead atoms. The summed E-state index contributed by atoms with van der Waals surface area (Å²) in [6, 6.07) is 10.6. The highest BCUT2D eigenvalue weighted by Gasteiger charge is 2.18. The Labute approximate surface area is 133 Å². The van der Waals surface area contributed by atoms with E-state index in [1.165, 1.54) is 11.1 Å². The first-order chi connectivity index (χ1) is 9.76. The smallest absolute Gasteiger partial charge is 0.124 e. The molecule has 1 atom stereocenters. The van der Waals surface area contributed by atoms with Crippen LogP contribution >= 0.6 is 27.3 Å². The maximum absolute atomic E-state index is 5.89. The molecule has 108 valence electrons. The van der Waals surface area contributed by atoms with Crippen molar-refractivity contribution in [2.24, 2.45) is 0 Å². The number of ether oxygens (including phenoxy) is 1. The molecule has 0 radical (unpaired) electrons. The first kappa shape index (κ1) is 15.5. The van der Waals surface area contributed by atoms with E-state index >= 15 is 0 Å². The van der Waals surface area contributed by atoms with Gasteiger partial charge in [-0.15, -0.1) is 11.3 Å². The molecule has 0 saturated heterocycles. The molecule has 1 aromatic heterocycles. The molecule has 0 saturated carbocycles. The van der Waals surface area contributed by atoms with E-state index in [4.69, 9.17) is 4.74 Å². The van der Waals surface area contributed by atoms with Gasteiger partial charge in [0.1, 0.15) is 5.75 Å². The maximum Gasteiger partial charge on any atom is 0.124 e. The van der Waals surface area contributed by atoms with Crippen molar-refractivity contribution in [3.05, 3.63) is 50.6 Å². The lowest BCUT2D eigenvalue weighted by atomic mass is 10.0. The normalized spacial score (nSPS) is 12.3. The van der Waals surface area contributed by atoms with Crippen LogP contribution in [0.15, 0.2) is 39.5 Å². The summed E-state index contributed by atoms with van der Waals surface area (Å²) in [6.07, 6.45) is 1.02. The van der Waals surface area contributed by atoms with Gasteiger partial charge in [-0.1, -0.05) is 32.0 Å². The second-order valence-electron chi connectivity index (χ2n) is 4.56. The van der Waals surface area contributed by atoms with Crippen molar-refractivity contribution in [1.29, 1.82) is 0 Å². The number of nitrogens with one attached hydrogen (secondary N) is 1. The summed E-state index contributed by atoms with van der Waals surface area (Å²) in [7, 11) is 0. The molecular formula is C16H20BrNOS. The largest absolute Gasteiger partial charge is 0.493 e. The topological polar surface area (TPSA) is 21.3 Å². The molecule has 1 unspecified atom stereocenters. The van der Waals surface area contributed by atoms with Gasteiger partial charge in [0.2, 0.25) is 0 Å². The highest BCUT2D eigenvalue weighted by molar-refractivity contribution is 9.11. The van der Waals surface area contributed by atoms with Crippen molar-refractivity contribution in [3.8, 4) is 5.75 Å². The summed E-state index contributed by atoms with van der Waals surface area (Å²) >= 11 is 5.26. The minimum absolute atomic E-state index is 0.176. The van der Waals surface area contributed by atoms with Crippen LogP contribution in [0.1, 0.15) is 37.4 Å². The van der Waals surface area contributed by atoms with Gasteiger partial charge < -0.3 is 10.1 Å². The monoisotopic (exact) mass is 353 g/mol. The third-order valence-corrected chi connectivity index (χ3v) is 4.54. The molecule has 0 fully saturated rings. The Morgan fingerprint density at radius 2 is 2.10 bits per heavy atom. The minimum atomic E-state index is 0.176. The van der Waals surface area contributed by atoms with Crippen molar-refractivity contribution in [2.45, 2.75) is 26.3 Å². The van der Waals surface area contributed by atoms with E-state index in [2.05, 4.69) is 64.7 Å². The number of benzene rings is 1. The lowest BCUT2D eigenvalue weighted by Gasteiger charge is -2.20. The molecule has 1 aromatic carbocycles. The van der Waals surface area contributed by atoms with Gasteiger partial charge in [0, 0.05) is 5.56 Å². The van der Waals surface area contributed by atoms with Crippen molar-refractivity contribution in [1.82, 2.24) is 5.32 Å². The van der Waals surface area contributed by atoms with Crippen LogP contribution in [-0.4, -0.2) is 13.2 Å². The van der Waals surface area contributed by atoms with E-state index in [0.29, 0.717) is 0 Å². The molecule has 2 rings (SSSR count). The highest BCUT2D eigenvalue weighted by atomic mass is 79.9. The summed E-state index contributed by atoms with van der Waals surface area (Å²) in [5.74, 6) is 0.975. The molecule has 1 heterocycles. The molecule has 0 aliphatic heterocycles. The van der Waals surface area contributed by atoms with Gasteiger partial charge in [0.05, 0.1) is 16.4 Å². The Kier molecular flexibility index (Phi) is 6.07. The van der Waals surface area contributed by atoms with E-state index < -0.39 is 0 Å². The Bertz CT molecular complexity index is 541. The molecule has 0 aliphatic rings. The quantitative estimate of drug-likeness (QED) is 0.756. The Balaban J connectivity index is 2.33. The fourth-order valence-corrected chi connectivity index (χ4v) is 3.35. The standard InChI is InChI=1S/C16H20BrNOS/c1-3-9-19-14-8-6-5-7-13(14)16(18-4-2)12-10-15(17)20-11-12/h5-8,10-11,16,18H,3-4,9H2,1-2H3. The van der Waals surface area contributed by atoms with Crippen LogP contribution in [0.2, 0.25) is 0 Å². The van der Waals surface area contributed by atoms with Gasteiger partial charge in [-0.25, -0.2) is 0 Å². The zero-order chi connectivity index (χ0) is 14.4. The number of halogens is 1. The molecule has 2 nitrogen and oxygen atoms in total. The third kappa shape index (κ3) is 3.84. The van der Waals surface area contributed by atoms with E-state index in [1.54, 1.807) is 11.3 Å². The summed E-state index contributed by atoms with van der Waals surface area (Å²) in [6.45, 7) is 5.92. The Hall–Kier alpha value is -0.840. The van der Waals surface area contributed by atoms with Crippen LogP contribution in [0.25, 0.3) is 0 Å². The number of rotatable bonds is 7. The molecule has 0 aliphatic carbocycles. The van der Waals surface area contributed by atoms with Gasteiger partial charge in [-0.05, 0) is 52.0 Å². The van der Waals surface area contributed by atoms with Crippen LogP contribution in [0.4, 0.5) is 0 Å². The predicted molar refractivity (Wildman–Crippen MR) is 89.8 cm³/mol. The zero-order valence-corrected chi connectivity index (χ0v) is 14.3. The van der Waals surface area contributed by atoms with Gasteiger partial charge in [0.15, 0.2) is 0 Å².